The van der Waals surface area contributed by atoms with E-state index in [0.29, 0.717) is 37.5 Å². The van der Waals surface area contributed by atoms with Crippen LogP contribution in [-0.4, -0.2) is 85.1 Å². The number of rotatable bonds is 8. The quantitative estimate of drug-likeness (QED) is 0.379. The minimum Gasteiger partial charge on any atom is -0.484 e. The molecule has 0 bridgehead atoms. The zero-order valence-corrected chi connectivity index (χ0v) is 19.9. The van der Waals surface area contributed by atoms with Crippen molar-refractivity contribution in [2.24, 2.45) is 7.05 Å². The molecule has 184 valence electrons. The Morgan fingerprint density at radius 3 is 2.76 bits per heavy atom. The molecular weight excluding hydrogens is 462 g/mol. The van der Waals surface area contributed by atoms with Gasteiger partial charge in [0.1, 0.15) is 5.75 Å². The molecule has 2 fully saturated rings. The SMILES string of the molecule is Cn1nc(C2CCC(=O)NC2=O)c2ccc(OCC(=O)NCCCN3CCS(=O)(=O)CC3)cc21. The first-order chi connectivity index (χ1) is 16.2. The van der Waals surface area contributed by atoms with Crippen molar-refractivity contribution in [3.05, 3.63) is 23.9 Å². The third-order valence-corrected chi connectivity index (χ3v) is 7.81. The zero-order valence-electron chi connectivity index (χ0n) is 19.1. The molecule has 2 saturated heterocycles. The van der Waals surface area contributed by atoms with Crippen molar-refractivity contribution in [2.75, 3.05) is 44.3 Å². The summed E-state index contributed by atoms with van der Waals surface area (Å²) in [6.07, 6.45) is 1.44. The highest BCUT2D eigenvalue weighted by Crippen LogP contribution is 2.31. The first-order valence-electron chi connectivity index (χ1n) is 11.3. The number of fused-ring (bicyclic) bond motifs is 1. The fraction of sp³-hybridized carbons (Fsp3) is 0.545. The van der Waals surface area contributed by atoms with Gasteiger partial charge in [-0.2, -0.15) is 5.10 Å². The molecular formula is C22H29N5O6S. The number of benzene rings is 1. The van der Waals surface area contributed by atoms with Crippen LogP contribution in [0.1, 0.15) is 30.9 Å². The van der Waals surface area contributed by atoms with Crippen LogP contribution >= 0.6 is 0 Å². The van der Waals surface area contributed by atoms with Gasteiger partial charge in [-0.3, -0.25) is 24.4 Å². The molecule has 1 unspecified atom stereocenters. The summed E-state index contributed by atoms with van der Waals surface area (Å²) in [7, 11) is -1.11. The van der Waals surface area contributed by atoms with Gasteiger partial charge in [-0.25, -0.2) is 8.42 Å². The zero-order chi connectivity index (χ0) is 24.3. The van der Waals surface area contributed by atoms with Crippen molar-refractivity contribution in [3.63, 3.8) is 0 Å². The number of carbonyl (C=O) groups is 3. The lowest BCUT2D eigenvalue weighted by Crippen LogP contribution is -2.41. The van der Waals surface area contributed by atoms with Crippen molar-refractivity contribution in [2.45, 2.75) is 25.2 Å². The summed E-state index contributed by atoms with van der Waals surface area (Å²) < 4.78 is 30.2. The fourth-order valence-corrected chi connectivity index (χ4v) is 5.55. The van der Waals surface area contributed by atoms with Gasteiger partial charge in [0.15, 0.2) is 16.4 Å². The van der Waals surface area contributed by atoms with Gasteiger partial charge >= 0.3 is 0 Å². The molecule has 4 rings (SSSR count). The lowest BCUT2D eigenvalue weighted by Gasteiger charge is -2.26. The van der Waals surface area contributed by atoms with Gasteiger partial charge in [0, 0.05) is 44.6 Å². The van der Waals surface area contributed by atoms with Crippen molar-refractivity contribution in [1.29, 1.82) is 0 Å². The van der Waals surface area contributed by atoms with Gasteiger partial charge in [0.25, 0.3) is 5.91 Å². The monoisotopic (exact) mass is 491 g/mol. The van der Waals surface area contributed by atoms with Crippen LogP contribution in [-0.2, 0) is 31.3 Å². The number of imide groups is 1. The Labute approximate surface area is 197 Å². The van der Waals surface area contributed by atoms with Gasteiger partial charge in [0.05, 0.1) is 28.6 Å². The second-order valence-electron chi connectivity index (χ2n) is 8.68. The number of aromatic nitrogens is 2. The lowest BCUT2D eigenvalue weighted by molar-refractivity contribution is -0.134. The van der Waals surface area contributed by atoms with Crippen LogP contribution in [0.15, 0.2) is 18.2 Å². The Kier molecular flexibility index (Phi) is 7.17. The van der Waals surface area contributed by atoms with Crippen LogP contribution in [0.3, 0.4) is 0 Å². The molecule has 12 heteroatoms. The molecule has 0 radical (unpaired) electrons. The van der Waals surface area contributed by atoms with E-state index in [4.69, 9.17) is 4.74 Å². The summed E-state index contributed by atoms with van der Waals surface area (Å²) in [5, 5.41) is 10.5. The molecule has 0 saturated carbocycles. The smallest absolute Gasteiger partial charge is 0.257 e. The number of carbonyl (C=O) groups excluding carboxylic acids is 3. The molecule has 2 N–H and O–H groups in total. The first kappa shape index (κ1) is 24.1. The van der Waals surface area contributed by atoms with Gasteiger partial charge in [-0.15, -0.1) is 0 Å². The average Bonchev–Trinajstić information content (AvgIpc) is 3.12. The lowest BCUT2D eigenvalue weighted by atomic mass is 9.93. The standard InChI is InChI=1S/C22H29N5O6S/c1-26-18-13-15(3-4-16(18)21(25-26)17-5-6-19(28)24-22(17)30)33-14-20(29)23-7-2-8-27-9-11-34(31,32)12-10-27/h3-4,13,17H,2,5-12,14H2,1H3,(H,23,29)(H,24,28,30). The maximum Gasteiger partial charge on any atom is 0.257 e. The van der Waals surface area contributed by atoms with Crippen LogP contribution < -0.4 is 15.4 Å². The first-order valence-corrected chi connectivity index (χ1v) is 13.2. The summed E-state index contributed by atoms with van der Waals surface area (Å²) in [4.78, 5) is 37.9. The maximum absolute atomic E-state index is 12.2. The van der Waals surface area contributed by atoms with Gasteiger partial charge in [-0.05, 0) is 31.5 Å². The third kappa shape index (κ3) is 5.73. The largest absolute Gasteiger partial charge is 0.484 e. The minimum atomic E-state index is -2.88. The van der Waals surface area contributed by atoms with E-state index in [0.717, 1.165) is 23.9 Å². The number of sulfone groups is 1. The summed E-state index contributed by atoms with van der Waals surface area (Å²) in [5.41, 5.74) is 1.39. The highest BCUT2D eigenvalue weighted by Gasteiger charge is 2.31. The van der Waals surface area contributed by atoms with Crippen molar-refractivity contribution < 1.29 is 27.5 Å². The Bertz CT molecular complexity index is 1190. The Morgan fingerprint density at radius 2 is 2.03 bits per heavy atom. The molecule has 3 heterocycles. The molecule has 34 heavy (non-hydrogen) atoms. The molecule has 2 aromatic rings. The molecule has 0 spiro atoms. The number of nitrogens with one attached hydrogen (secondary N) is 2. The highest BCUT2D eigenvalue weighted by molar-refractivity contribution is 7.91. The summed E-state index contributed by atoms with van der Waals surface area (Å²) in [6, 6.07) is 5.32. The van der Waals surface area contributed by atoms with E-state index in [9.17, 15) is 22.8 Å². The second-order valence-corrected chi connectivity index (χ2v) is 11.0. The Morgan fingerprint density at radius 1 is 1.26 bits per heavy atom. The maximum atomic E-state index is 12.2. The fourth-order valence-electron chi connectivity index (χ4n) is 4.27. The Balaban J connectivity index is 1.26. The number of hydrogen-bond acceptors (Lipinski definition) is 8. The molecule has 0 aliphatic carbocycles. The van der Waals surface area contributed by atoms with Gasteiger partial charge in [-0.1, -0.05) is 0 Å². The second kappa shape index (κ2) is 10.1. The topological polar surface area (TPSA) is 140 Å². The van der Waals surface area contributed by atoms with Crippen LogP contribution in [0.4, 0.5) is 0 Å². The molecule has 1 aromatic heterocycles. The van der Waals surface area contributed by atoms with E-state index in [1.807, 2.05) is 6.07 Å². The van der Waals surface area contributed by atoms with E-state index in [2.05, 4.69) is 20.6 Å². The molecule has 1 aromatic carbocycles. The van der Waals surface area contributed by atoms with Gasteiger partial charge in [0.2, 0.25) is 11.8 Å². The molecule has 11 nitrogen and oxygen atoms in total. The number of hydrogen-bond donors (Lipinski definition) is 2. The highest BCUT2D eigenvalue weighted by atomic mass is 32.2. The van der Waals surface area contributed by atoms with Crippen molar-refractivity contribution in [3.8, 4) is 5.75 Å². The van der Waals surface area contributed by atoms with E-state index in [-0.39, 0.29) is 42.3 Å². The number of ether oxygens (including phenoxy) is 1. The normalized spacial score (nSPS) is 20.8. The van der Waals surface area contributed by atoms with E-state index in [1.165, 1.54) is 0 Å². The summed E-state index contributed by atoms with van der Waals surface area (Å²) in [6.45, 7) is 2.18. The number of nitrogens with zero attached hydrogens (tertiary/aromatic N) is 3. The summed E-state index contributed by atoms with van der Waals surface area (Å²) in [5.74, 6) is -0.415. The van der Waals surface area contributed by atoms with Crippen LogP contribution in [0.5, 0.6) is 5.75 Å². The van der Waals surface area contributed by atoms with Crippen molar-refractivity contribution in [1.82, 2.24) is 25.3 Å². The average molecular weight is 492 g/mol. The van der Waals surface area contributed by atoms with Crippen LogP contribution in [0.25, 0.3) is 10.9 Å². The summed E-state index contributed by atoms with van der Waals surface area (Å²) >= 11 is 0. The van der Waals surface area contributed by atoms with E-state index in [1.54, 1.807) is 23.9 Å². The Hall–Kier alpha value is -2.99. The van der Waals surface area contributed by atoms with E-state index < -0.39 is 15.8 Å². The molecule has 2 aliphatic heterocycles. The third-order valence-electron chi connectivity index (χ3n) is 6.20. The molecule has 3 amide bonds. The van der Waals surface area contributed by atoms with Gasteiger partial charge < -0.3 is 15.0 Å². The van der Waals surface area contributed by atoms with Crippen LogP contribution in [0, 0.1) is 0 Å². The molecule has 1 atom stereocenters. The minimum absolute atomic E-state index is 0.134. The van der Waals surface area contributed by atoms with E-state index >= 15 is 0 Å². The predicted molar refractivity (Wildman–Crippen MR) is 124 cm³/mol. The number of amides is 3. The van der Waals surface area contributed by atoms with Crippen LogP contribution in [0.2, 0.25) is 0 Å². The number of piperidine rings is 1. The number of aryl methyl sites for hydroxylation is 1. The van der Waals surface area contributed by atoms with Crippen molar-refractivity contribution >= 4 is 38.5 Å². The predicted octanol–water partition coefficient (Wildman–Crippen LogP) is -0.291. The molecule has 2 aliphatic rings.